The van der Waals surface area contributed by atoms with Gasteiger partial charge in [-0.2, -0.15) is 0 Å². The molecule has 0 saturated carbocycles. The van der Waals surface area contributed by atoms with Gasteiger partial charge in [0, 0.05) is 36.7 Å². The Hall–Kier alpha value is -2.77. The Bertz CT molecular complexity index is 747. The van der Waals surface area contributed by atoms with Crippen LogP contribution in [0.4, 0.5) is 5.69 Å². The first-order valence-corrected chi connectivity index (χ1v) is 8.24. The molecule has 130 valence electrons. The van der Waals surface area contributed by atoms with E-state index in [4.69, 9.17) is 10.5 Å². The summed E-state index contributed by atoms with van der Waals surface area (Å²) in [7, 11) is 0. The van der Waals surface area contributed by atoms with Gasteiger partial charge in [0.25, 0.3) is 0 Å². The van der Waals surface area contributed by atoms with Crippen molar-refractivity contribution in [2.75, 3.05) is 18.5 Å². The van der Waals surface area contributed by atoms with Gasteiger partial charge in [0.1, 0.15) is 5.84 Å². The zero-order valence-corrected chi connectivity index (χ0v) is 14.1. The number of hydrogen-bond donors (Lipinski definition) is 3. The van der Waals surface area contributed by atoms with Crippen LogP contribution in [0.15, 0.2) is 64.8 Å². The predicted octanol–water partition coefficient (Wildman–Crippen LogP) is 1.94. The second-order valence-electron chi connectivity index (χ2n) is 5.60. The number of anilines is 1. The van der Waals surface area contributed by atoms with Crippen molar-refractivity contribution in [3.05, 3.63) is 60.4 Å². The van der Waals surface area contributed by atoms with Crippen molar-refractivity contribution in [2.24, 2.45) is 15.7 Å². The summed E-state index contributed by atoms with van der Waals surface area (Å²) in [6.45, 7) is 3.07. The highest BCUT2D eigenvalue weighted by molar-refractivity contribution is 6.13. The van der Waals surface area contributed by atoms with Crippen LogP contribution in [-0.2, 0) is 4.74 Å². The summed E-state index contributed by atoms with van der Waals surface area (Å²) in [5.74, 6) is 0.131. The van der Waals surface area contributed by atoms with Crippen LogP contribution >= 0.6 is 0 Å². The first kappa shape index (κ1) is 17.1. The van der Waals surface area contributed by atoms with Gasteiger partial charge in [-0.15, -0.1) is 0 Å². The first-order chi connectivity index (χ1) is 12.2. The van der Waals surface area contributed by atoms with E-state index in [1.54, 1.807) is 12.4 Å². The average molecular weight is 338 g/mol. The number of nitrogens with two attached hydrogens (primary N) is 1. The highest BCUT2D eigenvalue weighted by Crippen LogP contribution is 2.18. The molecule has 2 aromatic rings. The fourth-order valence-electron chi connectivity index (χ4n) is 2.42. The molecule has 0 aliphatic carbocycles. The minimum Gasteiger partial charge on any atom is -0.382 e. The minimum atomic E-state index is -1.08. The molecule has 0 fully saturated rings. The van der Waals surface area contributed by atoms with Gasteiger partial charge < -0.3 is 15.4 Å². The van der Waals surface area contributed by atoms with Crippen molar-refractivity contribution in [1.82, 2.24) is 10.3 Å². The topological polar surface area (TPSA) is 96.9 Å². The van der Waals surface area contributed by atoms with E-state index >= 15 is 0 Å². The van der Waals surface area contributed by atoms with Crippen LogP contribution in [0.5, 0.6) is 0 Å². The highest BCUT2D eigenvalue weighted by atomic mass is 16.5. The SMILES string of the molecule is CCOCCC1(N)N=C(Nc2ccncc2)NC(c2ccccc2)=N1. The van der Waals surface area contributed by atoms with Gasteiger partial charge in [-0.25, -0.2) is 9.98 Å². The molecule has 3 rings (SSSR count). The fourth-order valence-corrected chi connectivity index (χ4v) is 2.42. The number of rotatable bonds is 6. The van der Waals surface area contributed by atoms with Gasteiger partial charge in [-0.1, -0.05) is 30.3 Å². The summed E-state index contributed by atoms with van der Waals surface area (Å²) in [5.41, 5.74) is 8.23. The van der Waals surface area contributed by atoms with Crippen molar-refractivity contribution in [1.29, 1.82) is 0 Å². The van der Waals surface area contributed by atoms with E-state index in [1.165, 1.54) is 0 Å². The van der Waals surface area contributed by atoms with Crippen molar-refractivity contribution >= 4 is 17.5 Å². The van der Waals surface area contributed by atoms with Crippen molar-refractivity contribution in [3.63, 3.8) is 0 Å². The molecule has 1 aromatic carbocycles. The normalized spacial score (nSPS) is 19.6. The van der Waals surface area contributed by atoms with Crippen LogP contribution < -0.4 is 16.4 Å². The maximum Gasteiger partial charge on any atom is 0.210 e. The van der Waals surface area contributed by atoms with Gasteiger partial charge in [-0.05, 0) is 19.1 Å². The van der Waals surface area contributed by atoms with Crippen molar-refractivity contribution in [2.45, 2.75) is 19.1 Å². The number of nitrogens with zero attached hydrogens (tertiary/aromatic N) is 3. The van der Waals surface area contributed by atoms with E-state index < -0.39 is 5.79 Å². The van der Waals surface area contributed by atoms with E-state index in [2.05, 4.69) is 25.6 Å². The number of pyridine rings is 1. The van der Waals surface area contributed by atoms with E-state index in [1.807, 2.05) is 49.4 Å². The summed E-state index contributed by atoms with van der Waals surface area (Å²) in [5, 5.41) is 6.43. The number of amidine groups is 1. The molecule has 4 N–H and O–H groups in total. The molecule has 7 heteroatoms. The molecule has 25 heavy (non-hydrogen) atoms. The second-order valence-corrected chi connectivity index (χ2v) is 5.60. The molecule has 7 nitrogen and oxygen atoms in total. The summed E-state index contributed by atoms with van der Waals surface area (Å²) in [4.78, 5) is 13.2. The zero-order valence-electron chi connectivity index (χ0n) is 14.1. The highest BCUT2D eigenvalue weighted by Gasteiger charge is 2.29. The molecule has 1 atom stereocenters. The largest absolute Gasteiger partial charge is 0.382 e. The smallest absolute Gasteiger partial charge is 0.210 e. The lowest BCUT2D eigenvalue weighted by Gasteiger charge is -2.29. The number of ether oxygens (including phenoxy) is 1. The summed E-state index contributed by atoms with van der Waals surface area (Å²) < 4.78 is 5.43. The third kappa shape index (κ3) is 4.62. The molecule has 1 aliphatic rings. The number of aliphatic imine (C=N–C) groups is 2. The second kappa shape index (κ2) is 7.87. The monoisotopic (exact) mass is 338 g/mol. The van der Waals surface area contributed by atoms with Gasteiger partial charge in [0.2, 0.25) is 11.7 Å². The van der Waals surface area contributed by atoms with E-state index in [0.29, 0.717) is 31.4 Å². The Labute approximate surface area is 147 Å². The third-order valence-corrected chi connectivity index (χ3v) is 3.66. The van der Waals surface area contributed by atoms with Crippen LogP contribution in [-0.4, -0.2) is 35.8 Å². The van der Waals surface area contributed by atoms with Crippen LogP contribution in [0.25, 0.3) is 0 Å². The van der Waals surface area contributed by atoms with Crippen molar-refractivity contribution in [3.8, 4) is 0 Å². The number of aromatic nitrogens is 1. The lowest BCUT2D eigenvalue weighted by Crippen LogP contribution is -2.50. The molecule has 0 saturated heterocycles. The van der Waals surface area contributed by atoms with Crippen LogP contribution in [0.1, 0.15) is 18.9 Å². The number of nitrogens with one attached hydrogen (secondary N) is 2. The fraction of sp³-hybridized carbons (Fsp3) is 0.278. The number of guanidine groups is 1. The van der Waals surface area contributed by atoms with Gasteiger partial charge in [-0.3, -0.25) is 10.7 Å². The van der Waals surface area contributed by atoms with E-state index in [9.17, 15) is 0 Å². The summed E-state index contributed by atoms with van der Waals surface area (Å²) >= 11 is 0. The Morgan fingerprint density at radius 1 is 1.12 bits per heavy atom. The van der Waals surface area contributed by atoms with Crippen LogP contribution in [0.3, 0.4) is 0 Å². The minimum absolute atomic E-state index is 0.486. The molecule has 2 heterocycles. The predicted molar refractivity (Wildman–Crippen MR) is 99.4 cm³/mol. The van der Waals surface area contributed by atoms with E-state index in [0.717, 1.165) is 11.3 Å². The Morgan fingerprint density at radius 3 is 2.60 bits per heavy atom. The number of hydrogen-bond acceptors (Lipinski definition) is 7. The summed E-state index contributed by atoms with van der Waals surface area (Å²) in [6.07, 6.45) is 3.91. The standard InChI is InChI=1S/C18H22N6O/c1-2-25-13-10-18(19)23-16(14-6-4-3-5-7-14)22-17(24-18)21-15-8-11-20-12-9-15/h3-9,11-12H,2,10,13,19H2,1H3,(H2,20,21,22,23,24). The zero-order chi connectivity index (χ0) is 17.5. The molecular weight excluding hydrogens is 316 g/mol. The summed E-state index contributed by atoms with van der Waals surface area (Å²) in [6, 6.07) is 13.5. The Morgan fingerprint density at radius 2 is 1.88 bits per heavy atom. The molecule has 1 aromatic heterocycles. The van der Waals surface area contributed by atoms with Crippen LogP contribution in [0, 0.1) is 0 Å². The van der Waals surface area contributed by atoms with E-state index in [-0.39, 0.29) is 0 Å². The lowest BCUT2D eigenvalue weighted by atomic mass is 10.2. The van der Waals surface area contributed by atoms with Crippen molar-refractivity contribution < 1.29 is 4.74 Å². The molecule has 1 unspecified atom stereocenters. The Balaban J connectivity index is 1.86. The maximum atomic E-state index is 6.42. The van der Waals surface area contributed by atoms with Gasteiger partial charge in [0.15, 0.2) is 0 Å². The lowest BCUT2D eigenvalue weighted by molar-refractivity contribution is 0.128. The van der Waals surface area contributed by atoms with Gasteiger partial charge in [0.05, 0.1) is 6.61 Å². The number of benzene rings is 1. The molecule has 0 radical (unpaired) electrons. The van der Waals surface area contributed by atoms with Crippen LogP contribution in [0.2, 0.25) is 0 Å². The quantitative estimate of drug-likeness (QED) is 0.699. The molecule has 0 bridgehead atoms. The molecule has 0 amide bonds. The molecule has 1 aliphatic heterocycles. The third-order valence-electron chi connectivity index (χ3n) is 3.66. The molecular formula is C18H22N6O. The molecule has 0 spiro atoms. The maximum absolute atomic E-state index is 6.42. The first-order valence-electron chi connectivity index (χ1n) is 8.24. The Kier molecular flexibility index (Phi) is 5.37. The van der Waals surface area contributed by atoms with Gasteiger partial charge >= 0.3 is 0 Å². The average Bonchev–Trinajstić information content (AvgIpc) is 2.63.